The van der Waals surface area contributed by atoms with Gasteiger partial charge in [0.05, 0.1) is 5.69 Å². The molecule has 0 fully saturated rings. The fraction of sp³-hybridized carbons (Fsp3) is 0.312. The van der Waals surface area contributed by atoms with Gasteiger partial charge in [-0.3, -0.25) is 4.98 Å². The first kappa shape index (κ1) is 11.4. The second-order valence-electron chi connectivity index (χ2n) is 4.88. The molecule has 92 valence electrons. The van der Waals surface area contributed by atoms with Crippen LogP contribution >= 0.6 is 0 Å². The maximum atomic E-state index is 5.77. The largest absolute Gasteiger partial charge is 0.325 e. The van der Waals surface area contributed by atoms with Crippen LogP contribution in [0.1, 0.15) is 36.4 Å². The Balaban J connectivity index is 2.18. The van der Waals surface area contributed by atoms with Crippen LogP contribution in [-0.2, 0) is 6.54 Å². The molecule has 0 radical (unpaired) electrons. The van der Waals surface area contributed by atoms with Crippen molar-refractivity contribution in [2.45, 2.75) is 31.7 Å². The predicted octanol–water partition coefficient (Wildman–Crippen LogP) is 3.52. The summed E-state index contributed by atoms with van der Waals surface area (Å²) in [5, 5.41) is 2.51. The van der Waals surface area contributed by atoms with E-state index in [1.54, 1.807) is 0 Å². The van der Waals surface area contributed by atoms with Crippen LogP contribution in [0.2, 0.25) is 0 Å². The normalized spacial score (nSPS) is 19.3. The minimum atomic E-state index is 0.501. The van der Waals surface area contributed by atoms with Crippen LogP contribution in [0.3, 0.4) is 0 Å². The van der Waals surface area contributed by atoms with Crippen molar-refractivity contribution < 1.29 is 0 Å². The molecule has 2 aromatic rings. The van der Waals surface area contributed by atoms with E-state index in [0.29, 0.717) is 12.5 Å². The number of pyridine rings is 1. The zero-order chi connectivity index (χ0) is 12.4. The third-order valence-electron chi connectivity index (χ3n) is 3.76. The molecule has 0 saturated carbocycles. The molecule has 2 N–H and O–H groups in total. The highest BCUT2D eigenvalue weighted by molar-refractivity contribution is 5.88. The van der Waals surface area contributed by atoms with Crippen LogP contribution in [0.5, 0.6) is 0 Å². The molecule has 1 heterocycles. The number of hydrogen-bond acceptors (Lipinski definition) is 2. The van der Waals surface area contributed by atoms with Gasteiger partial charge in [0.1, 0.15) is 0 Å². The molecule has 0 spiro atoms. The summed E-state index contributed by atoms with van der Waals surface area (Å²) in [4.78, 5) is 4.54. The first-order valence-corrected chi connectivity index (χ1v) is 6.63. The zero-order valence-electron chi connectivity index (χ0n) is 10.5. The molecule has 18 heavy (non-hydrogen) atoms. The molecular weight excluding hydrogens is 220 g/mol. The summed E-state index contributed by atoms with van der Waals surface area (Å²) >= 11 is 0. The highest BCUT2D eigenvalue weighted by Gasteiger charge is 2.15. The van der Waals surface area contributed by atoms with Crippen molar-refractivity contribution in [2.24, 2.45) is 5.73 Å². The van der Waals surface area contributed by atoms with E-state index in [-0.39, 0.29) is 0 Å². The number of fused-ring (bicyclic) bond motifs is 1. The Labute approximate surface area is 108 Å². The molecule has 0 aliphatic heterocycles. The van der Waals surface area contributed by atoms with Crippen LogP contribution in [0, 0.1) is 0 Å². The highest BCUT2D eigenvalue weighted by Crippen LogP contribution is 2.32. The number of nitrogens with two attached hydrogens (primary N) is 1. The third kappa shape index (κ3) is 1.93. The molecule has 1 aromatic heterocycles. The summed E-state index contributed by atoms with van der Waals surface area (Å²) in [6.07, 6.45) is 10.3. The smallest absolute Gasteiger partial charge is 0.0617 e. The molecule has 0 saturated heterocycles. The monoisotopic (exact) mass is 238 g/mol. The first-order chi connectivity index (χ1) is 8.90. The number of rotatable bonds is 2. The minimum absolute atomic E-state index is 0.501. The Morgan fingerprint density at radius 2 is 2.06 bits per heavy atom. The van der Waals surface area contributed by atoms with Gasteiger partial charge in [0.25, 0.3) is 0 Å². The predicted molar refractivity (Wildman–Crippen MR) is 75.4 cm³/mol. The van der Waals surface area contributed by atoms with E-state index in [4.69, 9.17) is 5.73 Å². The Bertz CT molecular complexity index is 587. The second-order valence-corrected chi connectivity index (χ2v) is 4.88. The Kier molecular flexibility index (Phi) is 3.11. The van der Waals surface area contributed by atoms with Gasteiger partial charge in [-0.1, -0.05) is 36.4 Å². The van der Waals surface area contributed by atoms with Gasteiger partial charge in [-0.05, 0) is 30.2 Å². The van der Waals surface area contributed by atoms with E-state index < -0.39 is 0 Å². The molecule has 1 aromatic carbocycles. The number of allylic oxidation sites excluding steroid dienone is 2. The number of aromatic nitrogens is 1. The molecule has 2 heteroatoms. The van der Waals surface area contributed by atoms with Crippen molar-refractivity contribution in [1.82, 2.24) is 4.98 Å². The lowest BCUT2D eigenvalue weighted by atomic mass is 9.87. The average molecular weight is 238 g/mol. The number of nitrogens with zero attached hydrogens (tertiary/aromatic N) is 1. The van der Waals surface area contributed by atoms with Crippen LogP contribution < -0.4 is 5.73 Å². The van der Waals surface area contributed by atoms with Crippen molar-refractivity contribution in [2.75, 3.05) is 0 Å². The topological polar surface area (TPSA) is 38.9 Å². The standard InChI is InChI=1S/C16H18N2/c17-10-16-14-9-5-4-8-13(14)15(11-18-16)12-6-2-1-3-7-12/h2,4-6,8-9,11-12H,1,3,7,10,17H2. The van der Waals surface area contributed by atoms with Crippen molar-refractivity contribution in [3.05, 3.63) is 53.9 Å². The Hall–Kier alpha value is -1.67. The summed E-state index contributed by atoms with van der Waals surface area (Å²) < 4.78 is 0. The van der Waals surface area contributed by atoms with Gasteiger partial charge in [-0.25, -0.2) is 0 Å². The number of benzene rings is 1. The van der Waals surface area contributed by atoms with Gasteiger partial charge in [0, 0.05) is 24.0 Å². The Morgan fingerprint density at radius 3 is 2.78 bits per heavy atom. The summed E-state index contributed by atoms with van der Waals surface area (Å²) in [7, 11) is 0. The number of hydrogen-bond donors (Lipinski definition) is 1. The average Bonchev–Trinajstić information content (AvgIpc) is 2.47. The molecule has 0 amide bonds. The lowest BCUT2D eigenvalue weighted by Crippen LogP contribution is -2.05. The van der Waals surface area contributed by atoms with Gasteiger partial charge < -0.3 is 5.73 Å². The van der Waals surface area contributed by atoms with Crippen molar-refractivity contribution in [3.63, 3.8) is 0 Å². The van der Waals surface area contributed by atoms with Gasteiger partial charge in [-0.2, -0.15) is 0 Å². The van der Waals surface area contributed by atoms with E-state index in [9.17, 15) is 0 Å². The summed E-state index contributed by atoms with van der Waals surface area (Å²) in [6, 6.07) is 8.47. The van der Waals surface area contributed by atoms with E-state index in [0.717, 1.165) is 5.69 Å². The quantitative estimate of drug-likeness (QED) is 0.813. The van der Waals surface area contributed by atoms with E-state index in [2.05, 4.69) is 41.4 Å². The van der Waals surface area contributed by atoms with E-state index in [1.807, 2.05) is 6.20 Å². The van der Waals surface area contributed by atoms with Gasteiger partial charge in [-0.15, -0.1) is 0 Å². The minimum Gasteiger partial charge on any atom is -0.325 e. The van der Waals surface area contributed by atoms with Crippen molar-refractivity contribution in [1.29, 1.82) is 0 Å². The summed E-state index contributed by atoms with van der Waals surface area (Å²) in [5.74, 6) is 0.517. The van der Waals surface area contributed by atoms with E-state index in [1.165, 1.54) is 35.6 Å². The van der Waals surface area contributed by atoms with Crippen LogP contribution in [0.25, 0.3) is 10.8 Å². The van der Waals surface area contributed by atoms with E-state index >= 15 is 0 Å². The SMILES string of the molecule is NCc1ncc(C2C=CCCC2)c2ccccc12. The zero-order valence-corrected chi connectivity index (χ0v) is 10.5. The van der Waals surface area contributed by atoms with Gasteiger partial charge in [0.2, 0.25) is 0 Å². The molecule has 0 bridgehead atoms. The fourth-order valence-electron chi connectivity index (χ4n) is 2.80. The summed E-state index contributed by atoms with van der Waals surface area (Å²) in [6.45, 7) is 0.501. The van der Waals surface area contributed by atoms with Crippen LogP contribution in [-0.4, -0.2) is 4.98 Å². The van der Waals surface area contributed by atoms with Gasteiger partial charge in [0.15, 0.2) is 0 Å². The highest BCUT2D eigenvalue weighted by atomic mass is 14.7. The first-order valence-electron chi connectivity index (χ1n) is 6.63. The lowest BCUT2D eigenvalue weighted by Gasteiger charge is -2.19. The maximum absolute atomic E-state index is 5.77. The van der Waals surface area contributed by atoms with Crippen molar-refractivity contribution in [3.8, 4) is 0 Å². The molecule has 1 aliphatic carbocycles. The molecule has 3 rings (SSSR count). The third-order valence-corrected chi connectivity index (χ3v) is 3.76. The summed E-state index contributed by atoms with van der Waals surface area (Å²) in [5.41, 5.74) is 8.11. The molecular formula is C16H18N2. The maximum Gasteiger partial charge on any atom is 0.0617 e. The molecule has 2 nitrogen and oxygen atoms in total. The molecule has 1 atom stereocenters. The second kappa shape index (κ2) is 4.91. The van der Waals surface area contributed by atoms with Gasteiger partial charge >= 0.3 is 0 Å². The van der Waals surface area contributed by atoms with Crippen LogP contribution in [0.15, 0.2) is 42.6 Å². The Morgan fingerprint density at radius 1 is 1.22 bits per heavy atom. The van der Waals surface area contributed by atoms with Crippen molar-refractivity contribution >= 4 is 10.8 Å². The lowest BCUT2D eigenvalue weighted by molar-refractivity contribution is 0.655. The van der Waals surface area contributed by atoms with Crippen LogP contribution in [0.4, 0.5) is 0 Å². The molecule has 1 aliphatic rings. The fourth-order valence-corrected chi connectivity index (χ4v) is 2.80. The molecule has 1 unspecified atom stereocenters.